The molecule has 0 saturated heterocycles. The summed E-state index contributed by atoms with van der Waals surface area (Å²) in [5.74, 6) is -0.613. The number of rotatable bonds is 6. The van der Waals surface area contributed by atoms with Crippen LogP contribution in [0.5, 0.6) is 0 Å². The molecule has 1 aromatic carbocycles. The van der Waals surface area contributed by atoms with Crippen molar-refractivity contribution in [1.29, 1.82) is 0 Å². The molecule has 0 aliphatic heterocycles. The van der Waals surface area contributed by atoms with Crippen LogP contribution in [0.3, 0.4) is 0 Å². The average Bonchev–Trinajstić information content (AvgIpc) is 2.52. The molecular weight excluding hydrogens is 310 g/mol. The van der Waals surface area contributed by atoms with Gasteiger partial charge in [-0.2, -0.15) is 0 Å². The highest BCUT2D eigenvalue weighted by atomic mass is 16.6. The van der Waals surface area contributed by atoms with Crippen LogP contribution in [-0.2, 0) is 20.7 Å². The second-order valence-electron chi connectivity index (χ2n) is 5.95. The van der Waals surface area contributed by atoms with Crippen molar-refractivity contribution in [1.82, 2.24) is 15.8 Å². The van der Waals surface area contributed by atoms with Crippen molar-refractivity contribution in [2.75, 3.05) is 13.7 Å². The number of nitrogens with zero attached hydrogens (tertiary/aromatic N) is 1. The Balaban J connectivity index is 2.66. The van der Waals surface area contributed by atoms with Gasteiger partial charge in [-0.25, -0.2) is 9.80 Å². The number of hydrogen-bond acceptors (Lipinski definition) is 4. The van der Waals surface area contributed by atoms with Gasteiger partial charge in [0.05, 0.1) is 6.61 Å². The second-order valence-corrected chi connectivity index (χ2v) is 5.95. The van der Waals surface area contributed by atoms with Gasteiger partial charge in [0.15, 0.2) is 0 Å². The van der Waals surface area contributed by atoms with E-state index in [0.29, 0.717) is 6.42 Å². The van der Waals surface area contributed by atoms with Gasteiger partial charge in [-0.1, -0.05) is 44.2 Å². The van der Waals surface area contributed by atoms with Crippen molar-refractivity contribution in [3.05, 3.63) is 35.9 Å². The zero-order valence-corrected chi connectivity index (χ0v) is 14.5. The Hall–Kier alpha value is -2.57. The van der Waals surface area contributed by atoms with Crippen LogP contribution in [0.2, 0.25) is 0 Å². The van der Waals surface area contributed by atoms with Crippen molar-refractivity contribution < 1.29 is 19.1 Å². The summed E-state index contributed by atoms with van der Waals surface area (Å²) < 4.78 is 5.03. The predicted molar refractivity (Wildman–Crippen MR) is 89.8 cm³/mol. The number of ether oxygens (including phenoxy) is 1. The molecule has 0 radical (unpaired) electrons. The normalized spacial score (nSPS) is 11.5. The fourth-order valence-electron chi connectivity index (χ4n) is 1.93. The molecule has 1 rings (SSSR count). The van der Waals surface area contributed by atoms with Gasteiger partial charge in [0.1, 0.15) is 6.04 Å². The lowest BCUT2D eigenvalue weighted by Gasteiger charge is -2.23. The molecule has 0 heterocycles. The zero-order valence-electron chi connectivity index (χ0n) is 14.5. The maximum atomic E-state index is 12.4. The van der Waals surface area contributed by atoms with Crippen LogP contribution in [0, 0.1) is 5.92 Å². The highest BCUT2D eigenvalue weighted by molar-refractivity contribution is 5.88. The molecule has 1 atom stereocenters. The second kappa shape index (κ2) is 9.54. The minimum Gasteiger partial charge on any atom is -0.448 e. The molecule has 2 N–H and O–H groups in total. The van der Waals surface area contributed by atoms with E-state index in [0.717, 1.165) is 10.6 Å². The minimum atomic E-state index is -0.787. The summed E-state index contributed by atoms with van der Waals surface area (Å²) in [6.07, 6.45) is -0.334. The molecule has 132 valence electrons. The van der Waals surface area contributed by atoms with Crippen molar-refractivity contribution in [3.8, 4) is 0 Å². The smallest absolute Gasteiger partial charge is 0.428 e. The van der Waals surface area contributed by atoms with E-state index < -0.39 is 18.0 Å². The number of amides is 3. The maximum absolute atomic E-state index is 12.4. The van der Waals surface area contributed by atoms with Gasteiger partial charge in [0.2, 0.25) is 5.91 Å². The summed E-state index contributed by atoms with van der Waals surface area (Å²) in [5.41, 5.74) is 3.33. The lowest BCUT2D eigenvalue weighted by Crippen LogP contribution is -2.53. The molecule has 1 aromatic rings. The van der Waals surface area contributed by atoms with Crippen LogP contribution in [0.4, 0.5) is 4.79 Å². The lowest BCUT2D eigenvalue weighted by atomic mass is 10.1. The van der Waals surface area contributed by atoms with Crippen molar-refractivity contribution in [2.24, 2.45) is 5.92 Å². The molecule has 0 saturated carbocycles. The summed E-state index contributed by atoms with van der Waals surface area (Å²) in [4.78, 5) is 35.5. The first kappa shape index (κ1) is 19.5. The Kier molecular flexibility index (Phi) is 7.74. The van der Waals surface area contributed by atoms with Crippen LogP contribution >= 0.6 is 0 Å². The van der Waals surface area contributed by atoms with Gasteiger partial charge in [-0.05, 0) is 11.5 Å². The molecule has 3 amide bonds. The summed E-state index contributed by atoms with van der Waals surface area (Å²) in [5, 5.41) is 3.57. The minimum absolute atomic E-state index is 0.197. The van der Waals surface area contributed by atoms with Gasteiger partial charge in [0.25, 0.3) is 5.91 Å². The number of benzene rings is 1. The number of carbonyl (C=O) groups excluding carboxylic acids is 3. The molecule has 0 bridgehead atoms. The van der Waals surface area contributed by atoms with E-state index in [9.17, 15) is 14.4 Å². The molecule has 0 spiro atoms. The topological polar surface area (TPSA) is 87.7 Å². The Morgan fingerprint density at radius 2 is 1.79 bits per heavy atom. The summed E-state index contributed by atoms with van der Waals surface area (Å²) in [6.45, 7) is 5.43. The van der Waals surface area contributed by atoms with Gasteiger partial charge in [-0.3, -0.25) is 15.0 Å². The SMILES string of the molecule is CC(=O)N[C@H](Cc1ccccc1)C(=O)NN(C)C(=O)OCC(C)C. The molecule has 7 nitrogen and oxygen atoms in total. The highest BCUT2D eigenvalue weighted by Gasteiger charge is 2.23. The Bertz CT molecular complexity index is 560. The van der Waals surface area contributed by atoms with E-state index in [-0.39, 0.29) is 18.4 Å². The van der Waals surface area contributed by atoms with Crippen LogP contribution in [0.15, 0.2) is 30.3 Å². The highest BCUT2D eigenvalue weighted by Crippen LogP contribution is 2.04. The first-order chi connectivity index (χ1) is 11.3. The fourth-order valence-corrected chi connectivity index (χ4v) is 1.93. The van der Waals surface area contributed by atoms with E-state index in [4.69, 9.17) is 4.74 Å². The monoisotopic (exact) mass is 335 g/mol. The molecule has 7 heteroatoms. The first-order valence-electron chi connectivity index (χ1n) is 7.81. The Morgan fingerprint density at radius 3 is 2.33 bits per heavy atom. The summed E-state index contributed by atoms with van der Waals surface area (Å²) in [6, 6.07) is 8.52. The van der Waals surface area contributed by atoms with Crippen molar-refractivity contribution in [3.63, 3.8) is 0 Å². The maximum Gasteiger partial charge on any atom is 0.428 e. The summed E-state index contributed by atoms with van der Waals surface area (Å²) >= 11 is 0. The molecule has 0 aliphatic carbocycles. The molecule has 0 aliphatic rings. The zero-order chi connectivity index (χ0) is 18.1. The van der Waals surface area contributed by atoms with Gasteiger partial charge >= 0.3 is 6.09 Å². The van der Waals surface area contributed by atoms with Crippen LogP contribution in [-0.4, -0.2) is 42.6 Å². The van der Waals surface area contributed by atoms with Crippen molar-refractivity contribution >= 4 is 17.9 Å². The quantitative estimate of drug-likeness (QED) is 0.771. The van der Waals surface area contributed by atoms with E-state index in [1.165, 1.54) is 14.0 Å². The third-order valence-corrected chi connectivity index (χ3v) is 3.07. The van der Waals surface area contributed by atoms with Crippen LogP contribution in [0.1, 0.15) is 26.3 Å². The van der Waals surface area contributed by atoms with Gasteiger partial charge in [0, 0.05) is 20.4 Å². The van der Waals surface area contributed by atoms with Crippen molar-refractivity contribution in [2.45, 2.75) is 33.2 Å². The van der Waals surface area contributed by atoms with Gasteiger partial charge < -0.3 is 10.1 Å². The lowest BCUT2D eigenvalue weighted by molar-refractivity contribution is -0.130. The first-order valence-corrected chi connectivity index (χ1v) is 7.81. The number of hydrazine groups is 1. The van der Waals surface area contributed by atoms with E-state index in [1.54, 1.807) is 0 Å². The largest absolute Gasteiger partial charge is 0.448 e. The number of nitrogens with one attached hydrogen (secondary N) is 2. The molecule has 0 aromatic heterocycles. The van der Waals surface area contributed by atoms with E-state index >= 15 is 0 Å². The third kappa shape index (κ3) is 7.13. The molecule has 24 heavy (non-hydrogen) atoms. The van der Waals surface area contributed by atoms with Crippen LogP contribution in [0.25, 0.3) is 0 Å². The Morgan fingerprint density at radius 1 is 1.17 bits per heavy atom. The van der Waals surface area contributed by atoms with E-state index in [1.807, 2.05) is 44.2 Å². The standard InChI is InChI=1S/C17H25N3O4/c1-12(2)11-24-17(23)20(4)19-16(22)15(18-13(3)21)10-14-8-6-5-7-9-14/h5-9,12,15H,10-11H2,1-4H3,(H,18,21)(H,19,22)/t15-/m1/s1. The van der Waals surface area contributed by atoms with E-state index in [2.05, 4.69) is 10.7 Å². The average molecular weight is 335 g/mol. The third-order valence-electron chi connectivity index (χ3n) is 3.07. The van der Waals surface area contributed by atoms with Gasteiger partial charge in [-0.15, -0.1) is 0 Å². The van der Waals surface area contributed by atoms with Crippen LogP contribution < -0.4 is 10.7 Å². The fraction of sp³-hybridized carbons (Fsp3) is 0.471. The molecular formula is C17H25N3O4. The predicted octanol–water partition coefficient (Wildman–Crippen LogP) is 1.49. The number of carbonyl (C=O) groups is 3. The Labute approximate surface area is 142 Å². The molecule has 0 unspecified atom stereocenters. The number of hydrogen-bond donors (Lipinski definition) is 2. The molecule has 0 fully saturated rings. The summed E-state index contributed by atoms with van der Waals surface area (Å²) in [7, 11) is 1.40.